The predicted molar refractivity (Wildman–Crippen MR) is 85.3 cm³/mol. The number of nitrogen functional groups attached to an aromatic ring is 1. The lowest BCUT2D eigenvalue weighted by atomic mass is 9.96. The summed E-state index contributed by atoms with van der Waals surface area (Å²) in [7, 11) is 0. The molecule has 3 heteroatoms. The van der Waals surface area contributed by atoms with Gasteiger partial charge in [0.05, 0.1) is 0 Å². The lowest BCUT2D eigenvalue weighted by molar-refractivity contribution is 0.0949. The lowest BCUT2D eigenvalue weighted by Gasteiger charge is -2.17. The maximum Gasteiger partial charge on any atom is 0.251 e. The van der Waals surface area contributed by atoms with Crippen molar-refractivity contribution >= 4 is 11.6 Å². The number of aryl methyl sites for hydroxylation is 1. The zero-order chi connectivity index (χ0) is 14.9. The van der Waals surface area contributed by atoms with Crippen molar-refractivity contribution in [2.24, 2.45) is 0 Å². The molecule has 0 radical (unpaired) electrons. The van der Waals surface area contributed by atoms with Gasteiger partial charge in [0.2, 0.25) is 0 Å². The highest BCUT2D eigenvalue weighted by Crippen LogP contribution is 2.47. The molecule has 0 atom stereocenters. The van der Waals surface area contributed by atoms with Crippen LogP contribution in [0.15, 0.2) is 48.5 Å². The molecule has 3 N–H and O–H groups in total. The van der Waals surface area contributed by atoms with Gasteiger partial charge in [0.15, 0.2) is 0 Å². The third-order valence-corrected chi connectivity index (χ3v) is 4.33. The molecule has 0 spiro atoms. The Morgan fingerprint density at radius 3 is 2.57 bits per heavy atom. The third-order valence-electron chi connectivity index (χ3n) is 4.33. The van der Waals surface area contributed by atoms with E-state index in [2.05, 4.69) is 29.6 Å². The summed E-state index contributed by atoms with van der Waals surface area (Å²) in [6, 6.07) is 15.9. The molecule has 21 heavy (non-hydrogen) atoms. The smallest absolute Gasteiger partial charge is 0.251 e. The number of amides is 1. The minimum absolute atomic E-state index is 0.0398. The quantitative estimate of drug-likeness (QED) is 0.846. The molecule has 1 fully saturated rings. The highest BCUT2D eigenvalue weighted by molar-refractivity contribution is 5.96. The molecule has 3 rings (SSSR count). The molecule has 0 saturated heterocycles. The Bertz CT molecular complexity index is 660. The molecule has 1 aliphatic rings. The van der Waals surface area contributed by atoms with E-state index in [1.807, 2.05) is 25.1 Å². The van der Waals surface area contributed by atoms with Gasteiger partial charge in [0.1, 0.15) is 0 Å². The molecule has 0 unspecified atom stereocenters. The van der Waals surface area contributed by atoms with Gasteiger partial charge in [-0.2, -0.15) is 0 Å². The van der Waals surface area contributed by atoms with E-state index in [0.717, 1.165) is 18.4 Å². The van der Waals surface area contributed by atoms with Crippen molar-refractivity contribution in [2.45, 2.75) is 25.2 Å². The van der Waals surface area contributed by atoms with Crippen molar-refractivity contribution in [3.63, 3.8) is 0 Å². The van der Waals surface area contributed by atoms with Crippen molar-refractivity contribution in [1.82, 2.24) is 5.32 Å². The van der Waals surface area contributed by atoms with Crippen molar-refractivity contribution in [1.29, 1.82) is 0 Å². The molecular formula is C18H20N2O. The van der Waals surface area contributed by atoms with Crippen molar-refractivity contribution in [3.05, 3.63) is 65.2 Å². The van der Waals surface area contributed by atoms with Gasteiger partial charge in [0.25, 0.3) is 5.91 Å². The average Bonchev–Trinajstić information content (AvgIpc) is 3.29. The Kier molecular flexibility index (Phi) is 3.42. The van der Waals surface area contributed by atoms with Gasteiger partial charge < -0.3 is 11.1 Å². The fraction of sp³-hybridized carbons (Fsp3) is 0.278. The molecule has 0 aliphatic heterocycles. The van der Waals surface area contributed by atoms with E-state index < -0.39 is 0 Å². The summed E-state index contributed by atoms with van der Waals surface area (Å²) >= 11 is 0. The van der Waals surface area contributed by atoms with Gasteiger partial charge in [-0.3, -0.25) is 4.79 Å². The molecule has 3 nitrogen and oxygen atoms in total. The number of rotatable bonds is 4. The van der Waals surface area contributed by atoms with Crippen molar-refractivity contribution < 1.29 is 4.79 Å². The van der Waals surface area contributed by atoms with Crippen molar-refractivity contribution in [3.8, 4) is 0 Å². The fourth-order valence-electron chi connectivity index (χ4n) is 2.74. The molecule has 0 heterocycles. The molecule has 1 aliphatic carbocycles. The fourth-order valence-corrected chi connectivity index (χ4v) is 2.74. The topological polar surface area (TPSA) is 55.1 Å². The van der Waals surface area contributed by atoms with E-state index in [4.69, 9.17) is 5.73 Å². The first kappa shape index (κ1) is 13.7. The van der Waals surface area contributed by atoms with Crippen LogP contribution in [0.25, 0.3) is 0 Å². The van der Waals surface area contributed by atoms with Crippen LogP contribution in [0.4, 0.5) is 5.69 Å². The third kappa shape index (κ3) is 2.77. The Balaban J connectivity index is 1.71. The highest BCUT2D eigenvalue weighted by Gasteiger charge is 2.44. The van der Waals surface area contributed by atoms with Gasteiger partial charge in [-0.05, 0) is 43.0 Å². The molecule has 1 amide bonds. The van der Waals surface area contributed by atoms with Crippen LogP contribution in [0.2, 0.25) is 0 Å². The van der Waals surface area contributed by atoms with Crippen LogP contribution >= 0.6 is 0 Å². The van der Waals surface area contributed by atoms with Crippen LogP contribution in [0.3, 0.4) is 0 Å². The maximum atomic E-state index is 12.4. The zero-order valence-electron chi connectivity index (χ0n) is 12.2. The van der Waals surface area contributed by atoms with Gasteiger partial charge in [-0.1, -0.05) is 36.4 Å². The van der Waals surface area contributed by atoms with Crippen LogP contribution in [0, 0.1) is 6.92 Å². The SMILES string of the molecule is Cc1ccc(N)cc1C(=O)NCC1(c2ccccc2)CC1. The largest absolute Gasteiger partial charge is 0.399 e. The van der Waals surface area contributed by atoms with E-state index in [1.54, 1.807) is 6.07 Å². The predicted octanol–water partition coefficient (Wildman–Crippen LogP) is 3.04. The van der Waals surface area contributed by atoms with Crippen molar-refractivity contribution in [2.75, 3.05) is 12.3 Å². The van der Waals surface area contributed by atoms with Gasteiger partial charge >= 0.3 is 0 Å². The van der Waals surface area contributed by atoms with E-state index in [1.165, 1.54) is 5.56 Å². The summed E-state index contributed by atoms with van der Waals surface area (Å²) in [4.78, 5) is 12.4. The first-order valence-corrected chi connectivity index (χ1v) is 7.31. The van der Waals surface area contributed by atoms with Crippen LogP contribution in [0.5, 0.6) is 0 Å². The number of carbonyl (C=O) groups is 1. The summed E-state index contributed by atoms with van der Waals surface area (Å²) < 4.78 is 0. The number of nitrogens with one attached hydrogen (secondary N) is 1. The van der Waals surface area contributed by atoms with Crippen LogP contribution < -0.4 is 11.1 Å². The van der Waals surface area contributed by atoms with Gasteiger partial charge in [0, 0.05) is 23.2 Å². The van der Waals surface area contributed by atoms with Crippen LogP contribution in [0.1, 0.15) is 34.3 Å². The summed E-state index contributed by atoms with van der Waals surface area (Å²) in [5.74, 6) is -0.0398. The van der Waals surface area contributed by atoms with Gasteiger partial charge in [-0.25, -0.2) is 0 Å². The number of anilines is 1. The summed E-state index contributed by atoms with van der Waals surface area (Å²) in [5, 5.41) is 3.07. The molecule has 0 aromatic heterocycles. The monoisotopic (exact) mass is 280 g/mol. The highest BCUT2D eigenvalue weighted by atomic mass is 16.1. The van der Waals surface area contributed by atoms with Gasteiger partial charge in [-0.15, -0.1) is 0 Å². The second kappa shape index (κ2) is 5.24. The first-order chi connectivity index (χ1) is 10.1. The first-order valence-electron chi connectivity index (χ1n) is 7.31. The molecular weight excluding hydrogens is 260 g/mol. The Hall–Kier alpha value is -2.29. The van der Waals surface area contributed by atoms with Crippen LogP contribution in [-0.4, -0.2) is 12.5 Å². The number of hydrogen-bond donors (Lipinski definition) is 2. The number of hydrogen-bond acceptors (Lipinski definition) is 2. The Labute approximate surface area is 125 Å². The van der Waals surface area contributed by atoms with E-state index in [-0.39, 0.29) is 11.3 Å². The summed E-state index contributed by atoms with van der Waals surface area (Å²) in [6.07, 6.45) is 2.26. The molecule has 108 valence electrons. The van der Waals surface area contributed by atoms with E-state index in [9.17, 15) is 4.79 Å². The number of benzene rings is 2. The van der Waals surface area contributed by atoms with E-state index >= 15 is 0 Å². The molecule has 2 aromatic carbocycles. The molecule has 0 bridgehead atoms. The second-order valence-electron chi connectivity index (χ2n) is 5.90. The van der Waals surface area contributed by atoms with E-state index in [0.29, 0.717) is 17.8 Å². The maximum absolute atomic E-state index is 12.4. The Morgan fingerprint density at radius 2 is 1.90 bits per heavy atom. The normalized spacial score (nSPS) is 15.5. The lowest BCUT2D eigenvalue weighted by Crippen LogP contribution is -2.32. The zero-order valence-corrected chi connectivity index (χ0v) is 12.2. The standard InChI is InChI=1S/C18H20N2O/c1-13-7-8-15(19)11-16(13)17(21)20-12-18(9-10-18)14-5-3-2-4-6-14/h2-8,11H,9-10,12,19H2,1H3,(H,20,21). The molecule has 1 saturated carbocycles. The molecule has 2 aromatic rings. The number of nitrogens with two attached hydrogens (primary N) is 1. The number of carbonyl (C=O) groups excluding carboxylic acids is 1. The second-order valence-corrected chi connectivity index (χ2v) is 5.90. The summed E-state index contributed by atoms with van der Waals surface area (Å²) in [6.45, 7) is 2.61. The summed E-state index contributed by atoms with van der Waals surface area (Å²) in [5.41, 5.74) is 9.45. The minimum atomic E-state index is -0.0398. The minimum Gasteiger partial charge on any atom is -0.399 e. The Morgan fingerprint density at radius 1 is 1.19 bits per heavy atom. The average molecular weight is 280 g/mol. The van der Waals surface area contributed by atoms with Crippen LogP contribution in [-0.2, 0) is 5.41 Å².